The van der Waals surface area contributed by atoms with Crippen LogP contribution in [0.3, 0.4) is 0 Å². The molecule has 1 heterocycles. The maximum absolute atomic E-state index is 10.8. The minimum Gasteiger partial charge on any atom is -0.477 e. The van der Waals surface area contributed by atoms with Crippen molar-refractivity contribution in [2.24, 2.45) is 0 Å². The first-order chi connectivity index (χ1) is 9.65. The Balaban J connectivity index is 2.24. The lowest BCUT2D eigenvalue weighted by atomic mass is 10.3. The van der Waals surface area contributed by atoms with Gasteiger partial charge in [-0.25, -0.2) is 9.78 Å². The van der Waals surface area contributed by atoms with E-state index in [1.165, 1.54) is 12.1 Å². The summed E-state index contributed by atoms with van der Waals surface area (Å²) in [4.78, 5) is 14.8. The number of nitrogens with one attached hydrogen (secondary N) is 1. The van der Waals surface area contributed by atoms with Crippen molar-refractivity contribution in [1.82, 2.24) is 4.98 Å². The normalized spacial score (nSPS) is 10.4. The molecule has 0 saturated carbocycles. The van der Waals surface area contributed by atoms with Gasteiger partial charge in [-0.1, -0.05) is 0 Å². The fourth-order valence-electron chi connectivity index (χ4n) is 1.51. The van der Waals surface area contributed by atoms with Gasteiger partial charge in [0.2, 0.25) is 0 Å². The largest absolute Gasteiger partial charge is 0.477 e. The van der Waals surface area contributed by atoms with Crippen LogP contribution in [0, 0.1) is 0 Å². The Labute approximate surface area is 118 Å². The zero-order chi connectivity index (χ0) is 14.8. The number of anilines is 2. The monoisotopic (exact) mass is 283 g/mol. The molecule has 0 radical (unpaired) electrons. The molecule has 0 aliphatic rings. The average molecular weight is 283 g/mol. The molecule has 20 heavy (non-hydrogen) atoms. The molecular weight excluding hydrogens is 262 g/mol. The summed E-state index contributed by atoms with van der Waals surface area (Å²) in [7, 11) is 1.63. The van der Waals surface area contributed by atoms with Gasteiger partial charge in [0.25, 0.3) is 0 Å². The number of nitrogens with two attached hydrogens (primary N) is 1. The van der Waals surface area contributed by atoms with Crippen LogP contribution >= 0.6 is 0 Å². The van der Waals surface area contributed by atoms with Crippen LogP contribution < -0.4 is 11.1 Å². The van der Waals surface area contributed by atoms with Gasteiger partial charge in [0.1, 0.15) is 5.82 Å². The molecule has 0 aromatic carbocycles. The van der Waals surface area contributed by atoms with Crippen molar-refractivity contribution in [2.75, 3.05) is 44.5 Å². The standard InChI is InChI=1S/C13H21N3O4/c1-19-8-9-20-7-3-2-6-15-12-10(14)4-5-11(16-12)13(17)18/h4-5H,2-3,6-9,14H2,1H3,(H,15,16)(H,17,18). The summed E-state index contributed by atoms with van der Waals surface area (Å²) in [6.45, 7) is 2.52. The quantitative estimate of drug-likeness (QED) is 0.554. The first kappa shape index (κ1) is 16.2. The number of hydrogen-bond acceptors (Lipinski definition) is 6. The predicted molar refractivity (Wildman–Crippen MR) is 76.0 cm³/mol. The zero-order valence-electron chi connectivity index (χ0n) is 11.6. The summed E-state index contributed by atoms with van der Waals surface area (Å²) in [5.74, 6) is -0.662. The van der Waals surface area contributed by atoms with Gasteiger partial charge >= 0.3 is 5.97 Å². The number of rotatable bonds is 10. The third kappa shape index (κ3) is 5.85. The molecule has 0 atom stereocenters. The van der Waals surface area contributed by atoms with Gasteiger partial charge in [-0.05, 0) is 25.0 Å². The first-order valence-electron chi connectivity index (χ1n) is 6.45. The Kier molecular flexibility index (Phi) is 7.38. The maximum atomic E-state index is 10.8. The number of hydrogen-bond donors (Lipinski definition) is 3. The van der Waals surface area contributed by atoms with Crippen molar-refractivity contribution in [3.63, 3.8) is 0 Å². The molecule has 0 aliphatic carbocycles. The molecule has 1 aromatic heterocycles. The number of nitrogens with zero attached hydrogens (tertiary/aromatic N) is 1. The Bertz CT molecular complexity index is 426. The summed E-state index contributed by atoms with van der Waals surface area (Å²) in [5.41, 5.74) is 6.14. The molecule has 1 aromatic rings. The highest BCUT2D eigenvalue weighted by molar-refractivity contribution is 5.86. The fraction of sp³-hybridized carbons (Fsp3) is 0.538. The van der Waals surface area contributed by atoms with Crippen LogP contribution in [0.1, 0.15) is 23.3 Å². The fourth-order valence-corrected chi connectivity index (χ4v) is 1.51. The number of nitrogen functional groups attached to an aromatic ring is 1. The smallest absolute Gasteiger partial charge is 0.354 e. The first-order valence-corrected chi connectivity index (χ1v) is 6.45. The number of carboxylic acids is 1. The highest BCUT2D eigenvalue weighted by atomic mass is 16.5. The Hall–Kier alpha value is -1.86. The minimum absolute atomic E-state index is 0.0235. The zero-order valence-corrected chi connectivity index (χ0v) is 11.6. The van der Waals surface area contributed by atoms with E-state index < -0.39 is 5.97 Å². The average Bonchev–Trinajstić information content (AvgIpc) is 2.43. The third-order valence-corrected chi connectivity index (χ3v) is 2.59. The van der Waals surface area contributed by atoms with Crippen molar-refractivity contribution in [3.05, 3.63) is 17.8 Å². The van der Waals surface area contributed by atoms with E-state index in [9.17, 15) is 4.79 Å². The van der Waals surface area contributed by atoms with Gasteiger partial charge in [0.15, 0.2) is 5.69 Å². The topological polar surface area (TPSA) is 107 Å². The minimum atomic E-state index is -1.07. The van der Waals surface area contributed by atoms with Crippen LogP contribution in [-0.2, 0) is 9.47 Å². The van der Waals surface area contributed by atoms with Gasteiger partial charge in [-0.15, -0.1) is 0 Å². The van der Waals surface area contributed by atoms with Gasteiger partial charge < -0.3 is 25.6 Å². The number of carboxylic acid groups (broad SMARTS) is 1. The number of pyridine rings is 1. The summed E-state index contributed by atoms with van der Waals surface area (Å²) in [5, 5.41) is 11.9. The summed E-state index contributed by atoms with van der Waals surface area (Å²) in [6.07, 6.45) is 1.78. The van der Waals surface area contributed by atoms with E-state index in [1.54, 1.807) is 7.11 Å². The van der Waals surface area contributed by atoms with E-state index in [0.717, 1.165) is 12.8 Å². The SMILES string of the molecule is COCCOCCCCNc1nc(C(=O)O)ccc1N. The van der Waals surface area contributed by atoms with Crippen LogP contribution in [0.25, 0.3) is 0 Å². The van der Waals surface area contributed by atoms with Crippen molar-refractivity contribution >= 4 is 17.5 Å². The lowest BCUT2D eigenvalue weighted by Crippen LogP contribution is -2.10. The second-order valence-corrected chi connectivity index (χ2v) is 4.18. The van der Waals surface area contributed by atoms with Crippen molar-refractivity contribution in [3.8, 4) is 0 Å². The third-order valence-electron chi connectivity index (χ3n) is 2.59. The van der Waals surface area contributed by atoms with E-state index in [0.29, 0.717) is 37.9 Å². The van der Waals surface area contributed by atoms with Crippen LogP contribution in [0.15, 0.2) is 12.1 Å². The Morgan fingerprint density at radius 2 is 2.15 bits per heavy atom. The van der Waals surface area contributed by atoms with Crippen molar-refractivity contribution < 1.29 is 19.4 Å². The maximum Gasteiger partial charge on any atom is 0.354 e. The molecule has 0 amide bonds. The Morgan fingerprint density at radius 1 is 1.35 bits per heavy atom. The number of methoxy groups -OCH3 is 1. The van der Waals surface area contributed by atoms with Crippen LogP contribution in [0.2, 0.25) is 0 Å². The van der Waals surface area contributed by atoms with E-state index in [-0.39, 0.29) is 5.69 Å². The Morgan fingerprint density at radius 3 is 2.85 bits per heavy atom. The summed E-state index contributed by atoms with van der Waals surface area (Å²) in [6, 6.07) is 2.92. The molecule has 7 heteroatoms. The van der Waals surface area contributed by atoms with E-state index >= 15 is 0 Å². The molecule has 0 saturated heterocycles. The van der Waals surface area contributed by atoms with Crippen LogP contribution in [0.4, 0.5) is 11.5 Å². The van der Waals surface area contributed by atoms with Crippen molar-refractivity contribution in [1.29, 1.82) is 0 Å². The molecule has 0 unspecified atom stereocenters. The van der Waals surface area contributed by atoms with Gasteiger partial charge in [0.05, 0.1) is 18.9 Å². The second-order valence-electron chi connectivity index (χ2n) is 4.18. The number of carbonyl (C=O) groups is 1. The summed E-state index contributed by atoms with van der Waals surface area (Å²) >= 11 is 0. The second kappa shape index (κ2) is 9.11. The molecule has 7 nitrogen and oxygen atoms in total. The van der Waals surface area contributed by atoms with Gasteiger partial charge in [0, 0.05) is 20.3 Å². The van der Waals surface area contributed by atoms with E-state index in [4.69, 9.17) is 20.3 Å². The molecular formula is C13H21N3O4. The number of aromatic nitrogens is 1. The highest BCUT2D eigenvalue weighted by Crippen LogP contribution is 2.15. The molecule has 0 bridgehead atoms. The lowest BCUT2D eigenvalue weighted by molar-refractivity contribution is 0.0690. The van der Waals surface area contributed by atoms with Crippen LogP contribution in [0.5, 0.6) is 0 Å². The summed E-state index contributed by atoms with van der Waals surface area (Å²) < 4.78 is 10.2. The molecule has 0 spiro atoms. The van der Waals surface area contributed by atoms with Gasteiger partial charge in [-0.3, -0.25) is 0 Å². The molecule has 0 aliphatic heterocycles. The number of ether oxygens (including phenoxy) is 2. The van der Waals surface area contributed by atoms with Crippen LogP contribution in [-0.4, -0.2) is 49.5 Å². The van der Waals surface area contributed by atoms with E-state index in [1.807, 2.05) is 0 Å². The molecule has 112 valence electrons. The number of unbranched alkanes of at least 4 members (excludes halogenated alkanes) is 1. The number of aromatic carboxylic acids is 1. The van der Waals surface area contributed by atoms with E-state index in [2.05, 4.69) is 10.3 Å². The molecule has 1 rings (SSSR count). The van der Waals surface area contributed by atoms with Gasteiger partial charge in [-0.2, -0.15) is 0 Å². The lowest BCUT2D eigenvalue weighted by Gasteiger charge is -2.09. The highest BCUT2D eigenvalue weighted by Gasteiger charge is 2.07. The van der Waals surface area contributed by atoms with Crippen molar-refractivity contribution in [2.45, 2.75) is 12.8 Å². The molecule has 4 N–H and O–H groups in total. The predicted octanol–water partition coefficient (Wildman–Crippen LogP) is 1.22. The molecule has 0 fully saturated rings.